The summed E-state index contributed by atoms with van der Waals surface area (Å²) in [5.41, 5.74) is 1.26. The van der Waals surface area contributed by atoms with E-state index in [1.165, 1.54) is 14.2 Å². The number of aliphatic carboxylic acids is 1. The molecule has 1 fully saturated rings. The Bertz CT molecular complexity index is 1100. The second kappa shape index (κ2) is 8.28. The van der Waals surface area contributed by atoms with E-state index >= 15 is 0 Å². The third-order valence-electron chi connectivity index (χ3n) is 6.42. The number of hydrogen-bond donors (Lipinski definition) is 1. The molecule has 0 saturated heterocycles. The van der Waals surface area contributed by atoms with E-state index in [0.717, 1.165) is 5.56 Å². The molecule has 176 valence electrons. The van der Waals surface area contributed by atoms with Gasteiger partial charge in [-0.2, -0.15) is 13.2 Å². The quantitative estimate of drug-likeness (QED) is 0.597. The van der Waals surface area contributed by atoms with Crippen LogP contribution in [0.2, 0.25) is 0 Å². The van der Waals surface area contributed by atoms with E-state index in [0.29, 0.717) is 35.3 Å². The predicted molar refractivity (Wildman–Crippen MR) is 112 cm³/mol. The third-order valence-corrected chi connectivity index (χ3v) is 6.42. The average Bonchev–Trinajstić information content (AvgIpc) is 3.43. The molecule has 0 aromatic heterocycles. The van der Waals surface area contributed by atoms with Gasteiger partial charge in [0, 0.05) is 23.0 Å². The van der Waals surface area contributed by atoms with Gasteiger partial charge in [-0.25, -0.2) is 0 Å². The molecule has 0 spiro atoms. The maximum Gasteiger partial charge on any atom is 0.402 e. The molecule has 6 nitrogen and oxygen atoms in total. The fourth-order valence-electron chi connectivity index (χ4n) is 4.53. The van der Waals surface area contributed by atoms with Crippen molar-refractivity contribution in [3.8, 4) is 28.4 Å². The van der Waals surface area contributed by atoms with Crippen molar-refractivity contribution in [2.24, 2.45) is 11.3 Å². The van der Waals surface area contributed by atoms with Gasteiger partial charge in [0.05, 0.1) is 20.8 Å². The Morgan fingerprint density at radius 2 is 1.76 bits per heavy atom. The second-order valence-electron chi connectivity index (χ2n) is 8.44. The average molecular weight is 464 g/mol. The zero-order chi connectivity index (χ0) is 24.0. The molecule has 1 unspecified atom stereocenters. The molecule has 0 bridgehead atoms. The maximum absolute atomic E-state index is 13.5. The molecule has 1 saturated carbocycles. The Balaban J connectivity index is 1.73. The van der Waals surface area contributed by atoms with Crippen molar-refractivity contribution in [3.05, 3.63) is 41.5 Å². The van der Waals surface area contributed by atoms with Crippen LogP contribution >= 0.6 is 0 Å². The van der Waals surface area contributed by atoms with E-state index in [-0.39, 0.29) is 30.1 Å². The highest BCUT2D eigenvalue weighted by atomic mass is 19.4. The highest BCUT2D eigenvalue weighted by Gasteiger charge is 2.64. The first-order valence-electron chi connectivity index (χ1n) is 10.4. The van der Waals surface area contributed by atoms with E-state index in [4.69, 9.17) is 14.2 Å². The smallest absolute Gasteiger partial charge is 0.402 e. The topological polar surface area (TPSA) is 82.1 Å². The molecule has 33 heavy (non-hydrogen) atoms. The summed E-state index contributed by atoms with van der Waals surface area (Å²) in [6.45, 7) is -0.441. The van der Waals surface area contributed by atoms with Crippen molar-refractivity contribution in [2.45, 2.75) is 31.9 Å². The summed E-state index contributed by atoms with van der Waals surface area (Å²) < 4.78 is 57.2. The minimum Gasteiger partial charge on any atom is -0.493 e. The van der Waals surface area contributed by atoms with Crippen LogP contribution in [0, 0.1) is 11.3 Å². The van der Waals surface area contributed by atoms with Crippen LogP contribution in [0.3, 0.4) is 0 Å². The van der Waals surface area contributed by atoms with Crippen LogP contribution in [0.15, 0.2) is 30.3 Å². The number of methoxy groups -OCH3 is 2. The van der Waals surface area contributed by atoms with E-state index in [1.807, 2.05) is 6.07 Å². The lowest BCUT2D eigenvalue weighted by Gasteiger charge is -2.27. The Kier molecular flexibility index (Phi) is 5.76. The van der Waals surface area contributed by atoms with Crippen LogP contribution in [0.4, 0.5) is 13.2 Å². The monoisotopic (exact) mass is 464 g/mol. The number of halogens is 3. The summed E-state index contributed by atoms with van der Waals surface area (Å²) in [4.78, 5) is 23.4. The van der Waals surface area contributed by atoms with Crippen LogP contribution in [0.25, 0.3) is 11.1 Å². The Labute approximate surface area is 188 Å². The third kappa shape index (κ3) is 4.12. The number of carbonyl (C=O) groups excluding carboxylic acids is 1. The van der Waals surface area contributed by atoms with Crippen molar-refractivity contribution >= 4 is 11.8 Å². The molecule has 0 amide bonds. The van der Waals surface area contributed by atoms with Gasteiger partial charge in [0.15, 0.2) is 23.2 Å². The van der Waals surface area contributed by atoms with Crippen molar-refractivity contribution in [2.75, 3.05) is 20.8 Å². The number of carbonyl (C=O) groups is 2. The molecule has 2 aromatic carbocycles. The molecular formula is C24H23F3O6. The summed E-state index contributed by atoms with van der Waals surface area (Å²) in [6.07, 6.45) is -3.66. The molecule has 9 heteroatoms. The number of ether oxygens (including phenoxy) is 3. The first-order valence-corrected chi connectivity index (χ1v) is 10.4. The van der Waals surface area contributed by atoms with Gasteiger partial charge in [-0.1, -0.05) is 18.2 Å². The van der Waals surface area contributed by atoms with Gasteiger partial charge in [-0.3, -0.25) is 9.59 Å². The number of carboxylic acid groups (broad SMARTS) is 1. The number of alkyl halides is 3. The van der Waals surface area contributed by atoms with E-state index in [2.05, 4.69) is 0 Å². The Morgan fingerprint density at radius 1 is 1.06 bits per heavy atom. The predicted octanol–water partition coefficient (Wildman–Crippen LogP) is 4.92. The van der Waals surface area contributed by atoms with Gasteiger partial charge in [0.25, 0.3) is 0 Å². The summed E-state index contributed by atoms with van der Waals surface area (Å²) in [6, 6.07) is 8.69. The zero-order valence-electron chi connectivity index (χ0n) is 18.1. The molecule has 0 aliphatic heterocycles. The van der Waals surface area contributed by atoms with Gasteiger partial charge < -0.3 is 19.3 Å². The van der Waals surface area contributed by atoms with Gasteiger partial charge in [-0.15, -0.1) is 0 Å². The number of hydrogen-bond acceptors (Lipinski definition) is 5. The molecule has 1 N–H and O–H groups in total. The SMILES string of the molecule is COc1ccc(-c2ccc3c(c2)CCC3=O)c(OCC2(C(C(=O)O)C(F)(F)F)CC2)c1OC. The van der Waals surface area contributed by atoms with Crippen molar-refractivity contribution < 1.29 is 42.1 Å². The number of Topliss-reactive ketones (excluding diaryl/α,β-unsaturated/α-hetero) is 1. The number of aryl methyl sites for hydroxylation is 1. The molecule has 2 aliphatic rings. The van der Waals surface area contributed by atoms with Crippen molar-refractivity contribution in [1.82, 2.24) is 0 Å². The fraction of sp³-hybridized carbons (Fsp3) is 0.417. The van der Waals surface area contributed by atoms with Gasteiger partial charge >= 0.3 is 12.1 Å². The van der Waals surface area contributed by atoms with Gasteiger partial charge in [0.2, 0.25) is 5.75 Å². The van der Waals surface area contributed by atoms with Crippen LogP contribution in [-0.4, -0.2) is 43.9 Å². The normalized spacial score (nSPS) is 17.3. The standard InChI is InChI=1S/C24H23F3O6/c1-31-18-8-6-16(14-3-5-15-13(11-14)4-7-17(15)28)19(20(18)32-2)33-12-23(9-10-23)21(22(29)30)24(25,26)27/h3,5-6,8,11,21H,4,7,9-10,12H2,1-2H3,(H,29,30). The minimum absolute atomic E-state index is 0.0721. The molecular weight excluding hydrogens is 441 g/mol. The summed E-state index contributed by atoms with van der Waals surface area (Å²) in [5.74, 6) is -3.67. The lowest BCUT2D eigenvalue weighted by atomic mass is 9.89. The van der Waals surface area contributed by atoms with Crippen LogP contribution < -0.4 is 14.2 Å². The summed E-state index contributed by atoms with van der Waals surface area (Å²) >= 11 is 0. The molecule has 0 heterocycles. The van der Waals surface area contributed by atoms with Crippen LogP contribution in [0.5, 0.6) is 17.2 Å². The van der Waals surface area contributed by atoms with Gasteiger partial charge in [-0.05, 0) is 42.5 Å². The van der Waals surface area contributed by atoms with Crippen molar-refractivity contribution in [1.29, 1.82) is 0 Å². The highest BCUT2D eigenvalue weighted by Crippen LogP contribution is 2.58. The van der Waals surface area contributed by atoms with Crippen LogP contribution in [-0.2, 0) is 11.2 Å². The minimum atomic E-state index is -4.89. The molecule has 4 rings (SSSR count). The molecule has 2 aliphatic carbocycles. The van der Waals surface area contributed by atoms with E-state index < -0.39 is 30.1 Å². The zero-order valence-corrected chi connectivity index (χ0v) is 18.1. The largest absolute Gasteiger partial charge is 0.493 e. The van der Waals surface area contributed by atoms with Crippen molar-refractivity contribution in [3.63, 3.8) is 0 Å². The Hall–Kier alpha value is -3.23. The Morgan fingerprint density at radius 3 is 2.33 bits per heavy atom. The van der Waals surface area contributed by atoms with E-state index in [9.17, 15) is 27.9 Å². The lowest BCUT2D eigenvalue weighted by Crippen LogP contribution is -2.41. The van der Waals surface area contributed by atoms with E-state index in [1.54, 1.807) is 24.3 Å². The fourth-order valence-corrected chi connectivity index (χ4v) is 4.53. The summed E-state index contributed by atoms with van der Waals surface area (Å²) in [5, 5.41) is 9.26. The first-order chi connectivity index (χ1) is 15.6. The highest BCUT2D eigenvalue weighted by molar-refractivity contribution is 6.01. The number of benzene rings is 2. The molecule has 2 aromatic rings. The number of ketones is 1. The number of carboxylic acids is 1. The number of rotatable bonds is 8. The van der Waals surface area contributed by atoms with Gasteiger partial charge in [0.1, 0.15) is 0 Å². The lowest BCUT2D eigenvalue weighted by molar-refractivity contribution is -0.209. The van der Waals surface area contributed by atoms with Crippen LogP contribution in [0.1, 0.15) is 35.2 Å². The molecule has 1 atom stereocenters. The maximum atomic E-state index is 13.5. The first kappa shape index (κ1) is 22.9. The molecule has 0 radical (unpaired) electrons. The second-order valence-corrected chi connectivity index (χ2v) is 8.44. The summed E-state index contributed by atoms with van der Waals surface area (Å²) in [7, 11) is 2.81. The number of fused-ring (bicyclic) bond motifs is 1.